The fourth-order valence-electron chi connectivity index (χ4n) is 1.76. The number of carbonyl (C=O) groups is 1. The molecule has 0 aliphatic heterocycles. The van der Waals surface area contributed by atoms with Crippen LogP contribution >= 0.6 is 0 Å². The molecule has 1 N–H and O–H groups in total. The Hall–Kier alpha value is -1.84. The number of oxazole rings is 1. The largest absolute Gasteiger partial charge is 0.441 e. The number of hydrogen-bond donors (Lipinski definition) is 1. The first-order valence-corrected chi connectivity index (χ1v) is 6.21. The second-order valence-electron chi connectivity index (χ2n) is 4.90. The minimum Gasteiger partial charge on any atom is -0.441 e. The predicted octanol–water partition coefficient (Wildman–Crippen LogP) is 3.51. The van der Waals surface area contributed by atoms with Crippen molar-refractivity contribution < 1.29 is 9.21 Å². The fraction of sp³-hybridized carbons (Fsp3) is 0.429. The first-order valence-electron chi connectivity index (χ1n) is 6.21. The topological polar surface area (TPSA) is 55.1 Å². The highest BCUT2D eigenvalue weighted by atomic mass is 16.3. The van der Waals surface area contributed by atoms with Crippen molar-refractivity contribution in [2.45, 2.75) is 33.6 Å². The van der Waals surface area contributed by atoms with Gasteiger partial charge in [-0.05, 0) is 24.5 Å². The van der Waals surface area contributed by atoms with Gasteiger partial charge in [0.05, 0.1) is 0 Å². The SMILES string of the molecule is Cc1nc2ccc(NC(=O)CCC(C)C)cc2o1. The molecule has 0 atom stereocenters. The van der Waals surface area contributed by atoms with Gasteiger partial charge in [-0.15, -0.1) is 0 Å². The first kappa shape index (κ1) is 12.6. The maximum Gasteiger partial charge on any atom is 0.224 e. The van der Waals surface area contributed by atoms with E-state index in [0.29, 0.717) is 23.8 Å². The molecule has 0 fully saturated rings. The van der Waals surface area contributed by atoms with E-state index in [1.807, 2.05) is 18.2 Å². The van der Waals surface area contributed by atoms with Crippen LogP contribution in [0, 0.1) is 12.8 Å². The van der Waals surface area contributed by atoms with Gasteiger partial charge in [-0.25, -0.2) is 4.98 Å². The molecule has 1 aromatic carbocycles. The third kappa shape index (κ3) is 3.09. The Balaban J connectivity index is 2.05. The number of fused-ring (bicyclic) bond motifs is 1. The van der Waals surface area contributed by atoms with E-state index in [1.54, 1.807) is 6.92 Å². The summed E-state index contributed by atoms with van der Waals surface area (Å²) in [5.41, 5.74) is 2.27. The number of benzene rings is 1. The van der Waals surface area contributed by atoms with Crippen molar-refractivity contribution in [1.29, 1.82) is 0 Å². The van der Waals surface area contributed by atoms with Crippen molar-refractivity contribution in [3.8, 4) is 0 Å². The summed E-state index contributed by atoms with van der Waals surface area (Å²) < 4.78 is 5.43. The lowest BCUT2D eigenvalue weighted by Crippen LogP contribution is -2.11. The highest BCUT2D eigenvalue weighted by Gasteiger charge is 2.07. The average molecular weight is 246 g/mol. The van der Waals surface area contributed by atoms with Crippen molar-refractivity contribution >= 4 is 22.7 Å². The number of nitrogens with zero attached hydrogens (tertiary/aromatic N) is 1. The zero-order valence-corrected chi connectivity index (χ0v) is 11.0. The van der Waals surface area contributed by atoms with E-state index in [2.05, 4.69) is 24.1 Å². The summed E-state index contributed by atoms with van der Waals surface area (Å²) in [5, 5.41) is 2.87. The predicted molar refractivity (Wildman–Crippen MR) is 71.4 cm³/mol. The highest BCUT2D eigenvalue weighted by molar-refractivity contribution is 5.92. The van der Waals surface area contributed by atoms with Crippen LogP contribution in [0.1, 0.15) is 32.6 Å². The number of amides is 1. The Morgan fingerprint density at radius 2 is 2.22 bits per heavy atom. The summed E-state index contributed by atoms with van der Waals surface area (Å²) in [7, 11) is 0. The molecular weight excluding hydrogens is 228 g/mol. The average Bonchev–Trinajstić information content (AvgIpc) is 2.66. The van der Waals surface area contributed by atoms with E-state index >= 15 is 0 Å². The van der Waals surface area contributed by atoms with Crippen LogP contribution in [-0.4, -0.2) is 10.9 Å². The molecule has 0 spiro atoms. The molecular formula is C14H18N2O2. The van der Waals surface area contributed by atoms with Crippen LogP contribution in [-0.2, 0) is 4.79 Å². The molecule has 1 heterocycles. The molecule has 1 amide bonds. The highest BCUT2D eigenvalue weighted by Crippen LogP contribution is 2.20. The summed E-state index contributed by atoms with van der Waals surface area (Å²) in [4.78, 5) is 15.9. The summed E-state index contributed by atoms with van der Waals surface area (Å²) in [6.07, 6.45) is 1.45. The van der Waals surface area contributed by atoms with Gasteiger partial charge < -0.3 is 9.73 Å². The zero-order valence-electron chi connectivity index (χ0n) is 11.0. The van der Waals surface area contributed by atoms with E-state index in [4.69, 9.17) is 4.42 Å². The molecule has 4 nitrogen and oxygen atoms in total. The van der Waals surface area contributed by atoms with Gasteiger partial charge in [0.1, 0.15) is 5.52 Å². The van der Waals surface area contributed by atoms with Gasteiger partial charge in [-0.1, -0.05) is 13.8 Å². The Morgan fingerprint density at radius 3 is 2.94 bits per heavy atom. The summed E-state index contributed by atoms with van der Waals surface area (Å²) in [6.45, 7) is 6.02. The van der Waals surface area contributed by atoms with Crippen LogP contribution in [0.15, 0.2) is 22.6 Å². The molecule has 0 saturated carbocycles. The summed E-state index contributed by atoms with van der Waals surface area (Å²) >= 11 is 0. The van der Waals surface area contributed by atoms with Gasteiger partial charge in [0, 0.05) is 25.1 Å². The quantitative estimate of drug-likeness (QED) is 0.898. The van der Waals surface area contributed by atoms with E-state index in [-0.39, 0.29) is 5.91 Å². The van der Waals surface area contributed by atoms with Crippen LogP contribution < -0.4 is 5.32 Å². The van der Waals surface area contributed by atoms with Crippen LogP contribution in [0.2, 0.25) is 0 Å². The van der Waals surface area contributed by atoms with Crippen molar-refractivity contribution in [2.24, 2.45) is 5.92 Å². The fourth-order valence-corrected chi connectivity index (χ4v) is 1.76. The number of anilines is 1. The van der Waals surface area contributed by atoms with Gasteiger partial charge in [-0.2, -0.15) is 0 Å². The minimum absolute atomic E-state index is 0.0410. The van der Waals surface area contributed by atoms with E-state index in [1.165, 1.54) is 0 Å². The molecule has 2 rings (SSSR count). The molecule has 18 heavy (non-hydrogen) atoms. The Kier molecular flexibility index (Phi) is 3.65. The molecule has 4 heteroatoms. The second-order valence-corrected chi connectivity index (χ2v) is 4.90. The van der Waals surface area contributed by atoms with Crippen LogP contribution in [0.25, 0.3) is 11.1 Å². The standard InChI is InChI=1S/C14H18N2O2/c1-9(2)4-7-14(17)16-11-5-6-12-13(8-11)18-10(3)15-12/h5-6,8-9H,4,7H2,1-3H3,(H,16,17). The Bertz CT molecular complexity index is 558. The minimum atomic E-state index is 0.0410. The normalized spacial score (nSPS) is 11.1. The number of aryl methyl sites for hydroxylation is 1. The first-order chi connectivity index (χ1) is 8.54. The van der Waals surface area contributed by atoms with Crippen molar-refractivity contribution in [2.75, 3.05) is 5.32 Å². The maximum atomic E-state index is 11.7. The number of aromatic nitrogens is 1. The van der Waals surface area contributed by atoms with Crippen LogP contribution in [0.5, 0.6) is 0 Å². The zero-order chi connectivity index (χ0) is 13.1. The van der Waals surface area contributed by atoms with Gasteiger partial charge in [0.2, 0.25) is 5.91 Å². The summed E-state index contributed by atoms with van der Waals surface area (Å²) in [5.74, 6) is 1.21. The molecule has 0 aliphatic carbocycles. The van der Waals surface area contributed by atoms with Gasteiger partial charge in [0.25, 0.3) is 0 Å². The monoisotopic (exact) mass is 246 g/mol. The molecule has 0 saturated heterocycles. The molecule has 0 aliphatic rings. The van der Waals surface area contributed by atoms with E-state index < -0.39 is 0 Å². The Labute approximate surface area is 106 Å². The van der Waals surface area contributed by atoms with Crippen molar-refractivity contribution in [3.63, 3.8) is 0 Å². The molecule has 96 valence electrons. The van der Waals surface area contributed by atoms with Crippen LogP contribution in [0.3, 0.4) is 0 Å². The smallest absolute Gasteiger partial charge is 0.224 e. The number of rotatable bonds is 4. The molecule has 0 bridgehead atoms. The second kappa shape index (κ2) is 5.21. The third-order valence-electron chi connectivity index (χ3n) is 2.73. The number of nitrogens with one attached hydrogen (secondary N) is 1. The lowest BCUT2D eigenvalue weighted by atomic mass is 10.1. The molecule has 2 aromatic rings. The van der Waals surface area contributed by atoms with Gasteiger partial charge in [-0.3, -0.25) is 4.79 Å². The molecule has 0 radical (unpaired) electrons. The van der Waals surface area contributed by atoms with Gasteiger partial charge >= 0.3 is 0 Å². The van der Waals surface area contributed by atoms with E-state index in [9.17, 15) is 4.79 Å². The van der Waals surface area contributed by atoms with Crippen LogP contribution in [0.4, 0.5) is 5.69 Å². The maximum absolute atomic E-state index is 11.7. The Morgan fingerprint density at radius 1 is 1.44 bits per heavy atom. The number of hydrogen-bond acceptors (Lipinski definition) is 3. The lowest BCUT2D eigenvalue weighted by molar-refractivity contribution is -0.116. The van der Waals surface area contributed by atoms with E-state index in [0.717, 1.165) is 17.6 Å². The number of carbonyl (C=O) groups excluding carboxylic acids is 1. The summed E-state index contributed by atoms with van der Waals surface area (Å²) in [6, 6.07) is 5.50. The van der Waals surface area contributed by atoms with Gasteiger partial charge in [0.15, 0.2) is 11.5 Å². The lowest BCUT2D eigenvalue weighted by Gasteiger charge is -2.06. The van der Waals surface area contributed by atoms with Crippen molar-refractivity contribution in [3.05, 3.63) is 24.1 Å². The molecule has 0 unspecified atom stereocenters. The van der Waals surface area contributed by atoms with Crippen molar-refractivity contribution in [1.82, 2.24) is 4.98 Å². The molecule has 1 aromatic heterocycles. The third-order valence-corrected chi connectivity index (χ3v) is 2.73.